The Morgan fingerprint density at radius 1 is 1.43 bits per heavy atom. The van der Waals surface area contributed by atoms with Gasteiger partial charge in [-0.25, -0.2) is 0 Å². The predicted molar refractivity (Wildman–Crippen MR) is 84.9 cm³/mol. The van der Waals surface area contributed by atoms with Crippen LogP contribution >= 0.6 is 0 Å². The van der Waals surface area contributed by atoms with Gasteiger partial charge in [0.15, 0.2) is 5.82 Å². The molecule has 0 saturated heterocycles. The van der Waals surface area contributed by atoms with Crippen molar-refractivity contribution in [2.45, 2.75) is 31.7 Å². The highest BCUT2D eigenvalue weighted by molar-refractivity contribution is 5.98. The van der Waals surface area contributed by atoms with Crippen molar-refractivity contribution in [1.82, 2.24) is 14.8 Å². The lowest BCUT2D eigenvalue weighted by Gasteiger charge is -2.26. The Morgan fingerprint density at radius 3 is 2.96 bits per heavy atom. The Hall–Kier alpha value is -2.88. The zero-order chi connectivity index (χ0) is 16.2. The number of carbonyl (C=O) groups excluding carboxylic acids is 1. The van der Waals surface area contributed by atoms with Gasteiger partial charge in [0.1, 0.15) is 5.56 Å². The van der Waals surface area contributed by atoms with Crippen molar-refractivity contribution in [3.63, 3.8) is 0 Å². The number of anilines is 2. The Kier molecular flexibility index (Phi) is 4.24. The van der Waals surface area contributed by atoms with E-state index in [4.69, 9.17) is 5.73 Å². The van der Waals surface area contributed by atoms with Crippen molar-refractivity contribution in [3.8, 4) is 6.07 Å². The van der Waals surface area contributed by atoms with Gasteiger partial charge < -0.3 is 11.1 Å². The second-order valence-corrected chi connectivity index (χ2v) is 5.69. The molecule has 23 heavy (non-hydrogen) atoms. The molecule has 1 fully saturated rings. The normalized spacial score (nSPS) is 20.7. The van der Waals surface area contributed by atoms with Crippen LogP contribution in [0.3, 0.4) is 0 Å². The summed E-state index contributed by atoms with van der Waals surface area (Å²) in [7, 11) is 0. The van der Waals surface area contributed by atoms with E-state index in [1.807, 2.05) is 6.07 Å². The fourth-order valence-corrected chi connectivity index (χ4v) is 2.99. The number of primary amides is 1. The van der Waals surface area contributed by atoms with Gasteiger partial charge in [-0.3, -0.25) is 14.5 Å². The van der Waals surface area contributed by atoms with E-state index in [9.17, 15) is 10.1 Å². The van der Waals surface area contributed by atoms with Crippen LogP contribution in [0.2, 0.25) is 0 Å². The van der Waals surface area contributed by atoms with Crippen molar-refractivity contribution in [2.24, 2.45) is 11.7 Å². The minimum absolute atomic E-state index is 0.0173. The molecule has 7 heteroatoms. The molecule has 0 bridgehead atoms. The first-order valence-electron chi connectivity index (χ1n) is 7.64. The highest BCUT2D eigenvalue weighted by Gasteiger charge is 2.28. The summed E-state index contributed by atoms with van der Waals surface area (Å²) in [5.41, 5.74) is 6.50. The molecule has 118 valence electrons. The second-order valence-electron chi connectivity index (χ2n) is 5.69. The van der Waals surface area contributed by atoms with Crippen LogP contribution in [-0.4, -0.2) is 20.7 Å². The van der Waals surface area contributed by atoms with E-state index in [2.05, 4.69) is 21.5 Å². The van der Waals surface area contributed by atoms with Gasteiger partial charge in [0.2, 0.25) is 0 Å². The largest absolute Gasteiger partial charge is 0.365 e. The third-order valence-electron chi connectivity index (χ3n) is 4.16. The molecule has 0 radical (unpaired) electrons. The fraction of sp³-hybridized carbons (Fsp3) is 0.375. The molecule has 1 saturated carbocycles. The van der Waals surface area contributed by atoms with Gasteiger partial charge in [-0.2, -0.15) is 10.4 Å². The standard InChI is InChI=1S/C16H18N6O/c17-8-11-4-1-2-6-14(11)22-10-13(15(18)23)16(21-22)20-12-5-3-7-19-9-12/h3,5,7,9-11,14H,1-2,4,6H2,(H2,18,23)(H,20,21)/t11?,14-/m0/s1. The molecular formula is C16H18N6O. The van der Waals surface area contributed by atoms with Crippen molar-refractivity contribution in [1.29, 1.82) is 5.26 Å². The molecule has 1 aliphatic rings. The average molecular weight is 310 g/mol. The van der Waals surface area contributed by atoms with E-state index in [1.54, 1.807) is 29.3 Å². The van der Waals surface area contributed by atoms with Crippen molar-refractivity contribution in [3.05, 3.63) is 36.3 Å². The molecule has 1 unspecified atom stereocenters. The summed E-state index contributed by atoms with van der Waals surface area (Å²) in [4.78, 5) is 15.7. The van der Waals surface area contributed by atoms with Gasteiger partial charge in [-0.05, 0) is 25.0 Å². The number of hydrogen-bond donors (Lipinski definition) is 2. The average Bonchev–Trinajstić information content (AvgIpc) is 2.99. The highest BCUT2D eigenvalue weighted by Crippen LogP contribution is 2.34. The quantitative estimate of drug-likeness (QED) is 0.901. The first kappa shape index (κ1) is 15.0. The Morgan fingerprint density at radius 2 is 2.26 bits per heavy atom. The lowest BCUT2D eigenvalue weighted by molar-refractivity contribution is 0.100. The number of nitrogens with zero attached hydrogens (tertiary/aromatic N) is 4. The van der Waals surface area contributed by atoms with E-state index in [0.29, 0.717) is 11.4 Å². The number of pyridine rings is 1. The van der Waals surface area contributed by atoms with E-state index in [-0.39, 0.29) is 12.0 Å². The van der Waals surface area contributed by atoms with Crippen molar-refractivity contribution in [2.75, 3.05) is 5.32 Å². The molecule has 2 heterocycles. The van der Waals surface area contributed by atoms with Gasteiger partial charge in [0.05, 0.1) is 29.9 Å². The summed E-state index contributed by atoms with van der Waals surface area (Å²) in [5, 5.41) is 16.9. The first-order valence-corrected chi connectivity index (χ1v) is 7.64. The summed E-state index contributed by atoms with van der Waals surface area (Å²) in [6.07, 6.45) is 8.80. The monoisotopic (exact) mass is 310 g/mol. The van der Waals surface area contributed by atoms with Crippen LogP contribution < -0.4 is 11.1 Å². The van der Waals surface area contributed by atoms with Crippen LogP contribution in [0.5, 0.6) is 0 Å². The lowest BCUT2D eigenvalue weighted by atomic mass is 9.85. The van der Waals surface area contributed by atoms with Crippen LogP contribution in [0.15, 0.2) is 30.7 Å². The van der Waals surface area contributed by atoms with Crippen LogP contribution in [0.25, 0.3) is 0 Å². The number of hydrogen-bond acceptors (Lipinski definition) is 5. The maximum Gasteiger partial charge on any atom is 0.254 e. The Balaban J connectivity index is 1.92. The molecular weight excluding hydrogens is 292 g/mol. The van der Waals surface area contributed by atoms with Gasteiger partial charge >= 0.3 is 0 Å². The minimum atomic E-state index is -0.549. The van der Waals surface area contributed by atoms with E-state index in [0.717, 1.165) is 31.4 Å². The number of amides is 1. The van der Waals surface area contributed by atoms with Gasteiger partial charge in [-0.15, -0.1) is 0 Å². The molecule has 3 rings (SSSR count). The van der Waals surface area contributed by atoms with E-state index >= 15 is 0 Å². The lowest BCUT2D eigenvalue weighted by Crippen LogP contribution is -2.22. The van der Waals surface area contributed by atoms with Crippen LogP contribution in [0.4, 0.5) is 11.5 Å². The molecule has 1 amide bonds. The molecule has 7 nitrogen and oxygen atoms in total. The maximum absolute atomic E-state index is 11.7. The molecule has 1 aliphatic carbocycles. The SMILES string of the molecule is N#CC1CCCC[C@@H]1n1cc(C(N)=O)c(Nc2cccnc2)n1. The zero-order valence-electron chi connectivity index (χ0n) is 12.6. The van der Waals surface area contributed by atoms with Gasteiger partial charge in [0.25, 0.3) is 5.91 Å². The highest BCUT2D eigenvalue weighted by atomic mass is 16.1. The fourth-order valence-electron chi connectivity index (χ4n) is 2.99. The molecule has 3 N–H and O–H groups in total. The number of nitriles is 1. The number of aromatic nitrogens is 3. The topological polar surface area (TPSA) is 110 Å². The first-order chi connectivity index (χ1) is 11.2. The van der Waals surface area contributed by atoms with Crippen LogP contribution in [-0.2, 0) is 0 Å². The number of nitrogens with two attached hydrogens (primary N) is 1. The summed E-state index contributed by atoms with van der Waals surface area (Å²) in [5.74, 6) is -0.240. The molecule has 2 atom stereocenters. The number of carbonyl (C=O) groups is 1. The number of rotatable bonds is 4. The molecule has 0 aromatic carbocycles. The molecule has 0 spiro atoms. The third kappa shape index (κ3) is 3.16. The van der Waals surface area contributed by atoms with E-state index < -0.39 is 5.91 Å². The smallest absolute Gasteiger partial charge is 0.254 e. The summed E-state index contributed by atoms with van der Waals surface area (Å²) < 4.78 is 1.71. The Labute approximate surface area is 134 Å². The van der Waals surface area contributed by atoms with Gasteiger partial charge in [-0.1, -0.05) is 12.8 Å². The molecule has 0 aliphatic heterocycles. The zero-order valence-corrected chi connectivity index (χ0v) is 12.6. The van der Waals surface area contributed by atoms with Crippen molar-refractivity contribution >= 4 is 17.4 Å². The van der Waals surface area contributed by atoms with Crippen molar-refractivity contribution < 1.29 is 4.79 Å². The summed E-state index contributed by atoms with van der Waals surface area (Å²) >= 11 is 0. The van der Waals surface area contributed by atoms with Crippen LogP contribution in [0, 0.1) is 17.2 Å². The maximum atomic E-state index is 11.7. The summed E-state index contributed by atoms with van der Waals surface area (Å²) in [6, 6.07) is 5.95. The van der Waals surface area contributed by atoms with Crippen LogP contribution in [0.1, 0.15) is 42.1 Å². The molecule has 2 aromatic rings. The second kappa shape index (κ2) is 6.48. The number of nitrogens with one attached hydrogen (secondary N) is 1. The summed E-state index contributed by atoms with van der Waals surface area (Å²) in [6.45, 7) is 0. The third-order valence-corrected chi connectivity index (χ3v) is 4.16. The minimum Gasteiger partial charge on any atom is -0.365 e. The van der Waals surface area contributed by atoms with E-state index in [1.165, 1.54) is 0 Å². The molecule has 2 aromatic heterocycles. The van der Waals surface area contributed by atoms with Gasteiger partial charge in [0, 0.05) is 12.4 Å². The Bertz CT molecular complexity index is 733. The predicted octanol–water partition coefficient (Wildman–Crippen LogP) is 2.38.